The number of hydrogen-bond donors (Lipinski definition) is 1. The maximum absolute atomic E-state index is 12.5. The number of carbonyl (C=O) groups is 1. The van der Waals surface area contributed by atoms with Crippen LogP contribution in [0.5, 0.6) is 0 Å². The van der Waals surface area contributed by atoms with E-state index in [0.717, 1.165) is 10.6 Å². The quantitative estimate of drug-likeness (QED) is 0.747. The van der Waals surface area contributed by atoms with Crippen LogP contribution in [0.15, 0.2) is 53.4 Å². The van der Waals surface area contributed by atoms with E-state index in [2.05, 4.69) is 5.32 Å². The van der Waals surface area contributed by atoms with Crippen LogP contribution in [0.25, 0.3) is 0 Å². The van der Waals surface area contributed by atoms with E-state index >= 15 is 0 Å². The number of hydrogen-bond acceptors (Lipinski definition) is 5. The highest BCUT2D eigenvalue weighted by Crippen LogP contribution is 2.20. The Hall–Kier alpha value is -1.87. The van der Waals surface area contributed by atoms with Gasteiger partial charge in [0.1, 0.15) is 0 Å². The van der Waals surface area contributed by atoms with E-state index in [1.165, 1.54) is 4.31 Å². The van der Waals surface area contributed by atoms with Crippen molar-refractivity contribution in [1.82, 2.24) is 4.31 Å². The number of benzene rings is 2. The van der Waals surface area contributed by atoms with Crippen molar-refractivity contribution >= 4 is 33.4 Å². The predicted octanol–water partition coefficient (Wildman–Crippen LogP) is 2.82. The number of thioether (sulfide) groups is 1. The molecule has 0 spiro atoms. The summed E-state index contributed by atoms with van der Waals surface area (Å²) in [5.41, 5.74) is 1.87. The molecule has 6 nitrogen and oxygen atoms in total. The van der Waals surface area contributed by atoms with Crippen molar-refractivity contribution in [2.24, 2.45) is 0 Å². The van der Waals surface area contributed by atoms with E-state index in [1.54, 1.807) is 36.0 Å². The lowest BCUT2D eigenvalue weighted by Crippen LogP contribution is -2.41. The fourth-order valence-electron chi connectivity index (χ4n) is 2.78. The first-order valence-corrected chi connectivity index (χ1v) is 11.4. The fourth-order valence-corrected chi connectivity index (χ4v) is 4.74. The smallest absolute Gasteiger partial charge is 0.255 e. The van der Waals surface area contributed by atoms with Crippen LogP contribution in [-0.4, -0.2) is 51.2 Å². The van der Waals surface area contributed by atoms with Crippen LogP contribution >= 0.6 is 11.8 Å². The molecule has 144 valence electrons. The third kappa shape index (κ3) is 5.32. The van der Waals surface area contributed by atoms with E-state index in [1.807, 2.05) is 30.5 Å². The summed E-state index contributed by atoms with van der Waals surface area (Å²) in [5.74, 6) is -0.305. The Kier molecular flexibility index (Phi) is 6.54. The molecule has 0 aromatic heterocycles. The third-order valence-electron chi connectivity index (χ3n) is 4.26. The minimum Gasteiger partial charge on any atom is -0.379 e. The molecule has 1 fully saturated rings. The number of ether oxygens (including phenoxy) is 1. The molecule has 2 aromatic rings. The SMILES string of the molecule is CSc1cccc(NC(=O)c2ccc(CS(=O)(=O)N3CCOCC3)cc2)c1. The predicted molar refractivity (Wildman–Crippen MR) is 108 cm³/mol. The molecule has 1 aliphatic rings. The molecule has 1 N–H and O–H groups in total. The molecular weight excluding hydrogens is 384 g/mol. The number of sulfonamides is 1. The maximum atomic E-state index is 12.5. The van der Waals surface area contributed by atoms with Gasteiger partial charge in [0.15, 0.2) is 0 Å². The van der Waals surface area contributed by atoms with Crippen molar-refractivity contribution in [3.63, 3.8) is 0 Å². The lowest BCUT2D eigenvalue weighted by molar-refractivity contribution is 0.0729. The fraction of sp³-hybridized carbons (Fsp3) is 0.316. The van der Waals surface area contributed by atoms with Gasteiger partial charge in [-0.3, -0.25) is 4.79 Å². The zero-order chi connectivity index (χ0) is 19.3. The highest BCUT2D eigenvalue weighted by atomic mass is 32.2. The number of rotatable bonds is 6. The average Bonchev–Trinajstić information content (AvgIpc) is 2.69. The summed E-state index contributed by atoms with van der Waals surface area (Å²) in [6.07, 6.45) is 1.98. The Morgan fingerprint density at radius 3 is 2.52 bits per heavy atom. The van der Waals surface area contributed by atoms with Crippen LogP contribution in [0, 0.1) is 0 Å². The average molecular weight is 407 g/mol. The molecule has 1 amide bonds. The van der Waals surface area contributed by atoms with Gasteiger partial charge in [0.25, 0.3) is 5.91 Å². The number of morpholine rings is 1. The molecule has 0 atom stereocenters. The van der Waals surface area contributed by atoms with Gasteiger partial charge >= 0.3 is 0 Å². The Balaban J connectivity index is 1.64. The first-order valence-electron chi connectivity index (χ1n) is 8.58. The van der Waals surface area contributed by atoms with Crippen molar-refractivity contribution in [3.8, 4) is 0 Å². The molecule has 8 heteroatoms. The van der Waals surface area contributed by atoms with Crippen LogP contribution in [-0.2, 0) is 20.5 Å². The lowest BCUT2D eigenvalue weighted by atomic mass is 10.1. The molecule has 0 bridgehead atoms. The summed E-state index contributed by atoms with van der Waals surface area (Å²) in [7, 11) is -3.38. The van der Waals surface area contributed by atoms with Crippen molar-refractivity contribution in [3.05, 3.63) is 59.7 Å². The molecule has 0 radical (unpaired) electrons. The zero-order valence-electron chi connectivity index (χ0n) is 15.1. The molecule has 1 aliphatic heterocycles. The summed E-state index contributed by atoms with van der Waals surface area (Å²) < 4.78 is 31.6. The number of amides is 1. The molecule has 0 unspecified atom stereocenters. The van der Waals surface area contributed by atoms with Crippen molar-refractivity contribution in [1.29, 1.82) is 0 Å². The Morgan fingerprint density at radius 1 is 1.15 bits per heavy atom. The van der Waals surface area contributed by atoms with Crippen LogP contribution in [0.4, 0.5) is 5.69 Å². The molecule has 1 saturated heterocycles. The molecule has 27 heavy (non-hydrogen) atoms. The zero-order valence-corrected chi connectivity index (χ0v) is 16.7. The van der Waals surface area contributed by atoms with Crippen molar-refractivity contribution in [2.75, 3.05) is 37.9 Å². The van der Waals surface area contributed by atoms with E-state index < -0.39 is 10.0 Å². The van der Waals surface area contributed by atoms with Crippen LogP contribution in [0.1, 0.15) is 15.9 Å². The van der Waals surface area contributed by atoms with E-state index in [0.29, 0.717) is 37.4 Å². The maximum Gasteiger partial charge on any atom is 0.255 e. The van der Waals surface area contributed by atoms with Gasteiger partial charge in [-0.1, -0.05) is 18.2 Å². The van der Waals surface area contributed by atoms with Gasteiger partial charge in [-0.15, -0.1) is 11.8 Å². The lowest BCUT2D eigenvalue weighted by Gasteiger charge is -2.26. The molecule has 0 saturated carbocycles. The highest BCUT2D eigenvalue weighted by Gasteiger charge is 2.24. The molecule has 1 heterocycles. The first kappa shape index (κ1) is 19.9. The number of nitrogens with one attached hydrogen (secondary N) is 1. The van der Waals surface area contributed by atoms with Gasteiger partial charge in [-0.05, 0) is 42.2 Å². The monoisotopic (exact) mass is 406 g/mol. The Bertz CT molecular complexity index is 892. The van der Waals surface area contributed by atoms with Crippen molar-refractivity contribution < 1.29 is 17.9 Å². The third-order valence-corrected chi connectivity index (χ3v) is 6.83. The summed E-state index contributed by atoms with van der Waals surface area (Å²) in [6, 6.07) is 14.3. The normalized spacial score (nSPS) is 15.4. The topological polar surface area (TPSA) is 75.7 Å². The number of anilines is 1. The van der Waals surface area contributed by atoms with Gasteiger partial charge in [0.2, 0.25) is 10.0 Å². The second-order valence-corrected chi connectivity index (χ2v) is 9.00. The molecular formula is C19H22N2O4S2. The standard InChI is InChI=1S/C19H22N2O4S2/c1-26-18-4-2-3-17(13-18)20-19(22)16-7-5-15(6-8-16)14-27(23,24)21-9-11-25-12-10-21/h2-8,13H,9-12,14H2,1H3,(H,20,22). The minimum absolute atomic E-state index is 0.0787. The van der Waals surface area contributed by atoms with Crippen molar-refractivity contribution in [2.45, 2.75) is 10.6 Å². The first-order chi connectivity index (χ1) is 13.0. The molecule has 3 rings (SSSR count). The van der Waals surface area contributed by atoms with Gasteiger partial charge in [-0.25, -0.2) is 8.42 Å². The summed E-state index contributed by atoms with van der Waals surface area (Å²) in [4.78, 5) is 13.5. The second-order valence-electron chi connectivity index (χ2n) is 6.15. The summed E-state index contributed by atoms with van der Waals surface area (Å²) >= 11 is 1.60. The van der Waals surface area contributed by atoms with E-state index in [9.17, 15) is 13.2 Å². The largest absolute Gasteiger partial charge is 0.379 e. The second kappa shape index (κ2) is 8.88. The summed E-state index contributed by atoms with van der Waals surface area (Å²) in [5, 5.41) is 2.86. The van der Waals surface area contributed by atoms with Gasteiger partial charge < -0.3 is 10.1 Å². The van der Waals surface area contributed by atoms with Crippen LogP contribution in [0.3, 0.4) is 0 Å². The van der Waals surface area contributed by atoms with Gasteiger partial charge in [0, 0.05) is 29.2 Å². The summed E-state index contributed by atoms with van der Waals surface area (Å²) in [6.45, 7) is 1.63. The van der Waals surface area contributed by atoms with Gasteiger partial charge in [-0.2, -0.15) is 4.31 Å². The molecule has 2 aromatic carbocycles. The number of carbonyl (C=O) groups excluding carboxylic acids is 1. The molecule has 0 aliphatic carbocycles. The highest BCUT2D eigenvalue weighted by molar-refractivity contribution is 7.98. The number of nitrogens with zero attached hydrogens (tertiary/aromatic N) is 1. The minimum atomic E-state index is -3.38. The van der Waals surface area contributed by atoms with Crippen LogP contribution < -0.4 is 5.32 Å². The Labute approximate surface area is 164 Å². The Morgan fingerprint density at radius 2 is 1.85 bits per heavy atom. The van der Waals surface area contributed by atoms with E-state index in [-0.39, 0.29) is 11.7 Å². The van der Waals surface area contributed by atoms with E-state index in [4.69, 9.17) is 4.74 Å². The van der Waals surface area contributed by atoms with Gasteiger partial charge in [0.05, 0.1) is 19.0 Å². The van der Waals surface area contributed by atoms with Crippen LogP contribution in [0.2, 0.25) is 0 Å².